The lowest BCUT2D eigenvalue weighted by Gasteiger charge is -2.27. The quantitative estimate of drug-likeness (QED) is 0.940. The second-order valence-corrected chi connectivity index (χ2v) is 6.69. The Hall–Kier alpha value is -2.21. The van der Waals surface area contributed by atoms with E-state index in [1.54, 1.807) is 6.20 Å². The summed E-state index contributed by atoms with van der Waals surface area (Å²) in [6, 6.07) is 8.35. The summed E-state index contributed by atoms with van der Waals surface area (Å²) in [5.41, 5.74) is 2.40. The van der Waals surface area contributed by atoms with Crippen LogP contribution < -0.4 is 10.2 Å². The van der Waals surface area contributed by atoms with E-state index in [0.29, 0.717) is 5.95 Å². The second kappa shape index (κ2) is 6.50. The van der Waals surface area contributed by atoms with Crippen molar-refractivity contribution in [2.75, 3.05) is 36.5 Å². The van der Waals surface area contributed by atoms with Gasteiger partial charge in [-0.15, -0.1) is 5.10 Å². The molecular formula is C17H23N5O. The average molecular weight is 313 g/mol. The first kappa shape index (κ1) is 15.7. The summed E-state index contributed by atoms with van der Waals surface area (Å²) in [5, 5.41) is 11.3. The molecular weight excluding hydrogens is 290 g/mol. The summed E-state index contributed by atoms with van der Waals surface area (Å²) < 4.78 is 5.36. The van der Waals surface area contributed by atoms with Gasteiger partial charge in [0.25, 0.3) is 0 Å². The molecule has 1 aromatic heterocycles. The molecule has 122 valence electrons. The average Bonchev–Trinajstić information content (AvgIpc) is 2.56. The number of rotatable bonds is 3. The molecule has 1 aliphatic rings. The van der Waals surface area contributed by atoms with Crippen LogP contribution in [0.3, 0.4) is 0 Å². The maximum Gasteiger partial charge on any atom is 0.249 e. The molecule has 6 heteroatoms. The van der Waals surface area contributed by atoms with Crippen molar-refractivity contribution in [3.63, 3.8) is 0 Å². The molecule has 1 N–H and O–H groups in total. The minimum Gasteiger partial charge on any atom is -0.378 e. The third-order valence-corrected chi connectivity index (χ3v) is 3.89. The fraction of sp³-hybridized carbons (Fsp3) is 0.471. The topological polar surface area (TPSA) is 63.2 Å². The minimum absolute atomic E-state index is 0.146. The Morgan fingerprint density at radius 2 is 1.78 bits per heavy atom. The first-order valence-corrected chi connectivity index (χ1v) is 7.92. The molecule has 2 aromatic rings. The summed E-state index contributed by atoms with van der Waals surface area (Å²) in [4.78, 5) is 6.71. The van der Waals surface area contributed by atoms with E-state index in [4.69, 9.17) is 4.74 Å². The molecule has 0 amide bonds. The van der Waals surface area contributed by atoms with Gasteiger partial charge < -0.3 is 15.0 Å². The number of benzene rings is 1. The normalized spacial score (nSPS) is 15.5. The van der Waals surface area contributed by atoms with Gasteiger partial charge in [-0.2, -0.15) is 10.1 Å². The molecule has 1 fully saturated rings. The van der Waals surface area contributed by atoms with Crippen LogP contribution in [0.15, 0.2) is 30.5 Å². The summed E-state index contributed by atoms with van der Waals surface area (Å²) >= 11 is 0. The van der Waals surface area contributed by atoms with E-state index < -0.39 is 0 Å². The zero-order valence-corrected chi connectivity index (χ0v) is 13.9. The van der Waals surface area contributed by atoms with Gasteiger partial charge in [0.05, 0.1) is 19.4 Å². The van der Waals surface area contributed by atoms with Crippen LogP contribution in [0.25, 0.3) is 0 Å². The summed E-state index contributed by atoms with van der Waals surface area (Å²) in [7, 11) is 0. The lowest BCUT2D eigenvalue weighted by molar-refractivity contribution is 0.122. The van der Waals surface area contributed by atoms with Gasteiger partial charge in [-0.1, -0.05) is 32.9 Å². The highest BCUT2D eigenvalue weighted by Crippen LogP contribution is 2.24. The molecule has 0 radical (unpaired) electrons. The van der Waals surface area contributed by atoms with E-state index in [1.807, 2.05) is 12.1 Å². The Morgan fingerprint density at radius 3 is 2.43 bits per heavy atom. The number of anilines is 3. The third kappa shape index (κ3) is 3.96. The SMILES string of the molecule is CC(C)(C)c1ccc(Nc2nncc(N3CCOCC3)n2)cc1. The van der Waals surface area contributed by atoms with Gasteiger partial charge in [0, 0.05) is 18.8 Å². The molecule has 0 saturated carbocycles. The van der Waals surface area contributed by atoms with E-state index in [0.717, 1.165) is 37.8 Å². The van der Waals surface area contributed by atoms with Crippen molar-refractivity contribution in [3.8, 4) is 0 Å². The van der Waals surface area contributed by atoms with Gasteiger partial charge in [-0.05, 0) is 23.1 Å². The van der Waals surface area contributed by atoms with Crippen LogP contribution in [0.2, 0.25) is 0 Å². The van der Waals surface area contributed by atoms with E-state index in [-0.39, 0.29) is 5.41 Å². The smallest absolute Gasteiger partial charge is 0.249 e. The molecule has 23 heavy (non-hydrogen) atoms. The van der Waals surface area contributed by atoms with Crippen LogP contribution in [0.4, 0.5) is 17.5 Å². The van der Waals surface area contributed by atoms with Gasteiger partial charge in [0.15, 0.2) is 5.82 Å². The summed E-state index contributed by atoms with van der Waals surface area (Å²) in [5.74, 6) is 1.34. The molecule has 2 heterocycles. The second-order valence-electron chi connectivity index (χ2n) is 6.69. The van der Waals surface area contributed by atoms with Gasteiger partial charge in [0.2, 0.25) is 5.95 Å². The van der Waals surface area contributed by atoms with Gasteiger partial charge in [0.1, 0.15) is 0 Å². The zero-order chi connectivity index (χ0) is 16.3. The lowest BCUT2D eigenvalue weighted by atomic mass is 9.87. The predicted octanol–water partition coefficient (Wildman–Crippen LogP) is 2.75. The Labute approximate surface area is 136 Å². The first-order valence-electron chi connectivity index (χ1n) is 7.92. The van der Waals surface area contributed by atoms with Crippen LogP contribution in [0.5, 0.6) is 0 Å². The number of morpholine rings is 1. The predicted molar refractivity (Wildman–Crippen MR) is 91.3 cm³/mol. The minimum atomic E-state index is 0.146. The number of ether oxygens (including phenoxy) is 1. The van der Waals surface area contributed by atoms with Crippen LogP contribution in [0, 0.1) is 0 Å². The molecule has 1 aromatic carbocycles. The molecule has 6 nitrogen and oxygen atoms in total. The number of hydrogen-bond donors (Lipinski definition) is 1. The van der Waals surface area contributed by atoms with Crippen molar-refractivity contribution in [3.05, 3.63) is 36.0 Å². The zero-order valence-electron chi connectivity index (χ0n) is 13.9. The molecule has 0 bridgehead atoms. The maximum absolute atomic E-state index is 5.36. The molecule has 1 saturated heterocycles. The maximum atomic E-state index is 5.36. The van der Waals surface area contributed by atoms with Crippen LogP contribution >= 0.6 is 0 Å². The highest BCUT2D eigenvalue weighted by molar-refractivity contribution is 5.55. The van der Waals surface area contributed by atoms with Crippen molar-refractivity contribution < 1.29 is 4.74 Å². The fourth-order valence-corrected chi connectivity index (χ4v) is 2.48. The van der Waals surface area contributed by atoms with Crippen molar-refractivity contribution in [2.24, 2.45) is 0 Å². The first-order chi connectivity index (χ1) is 11.0. The Kier molecular flexibility index (Phi) is 4.43. The van der Waals surface area contributed by atoms with Gasteiger partial charge in [-0.25, -0.2) is 0 Å². The largest absolute Gasteiger partial charge is 0.378 e. The number of aromatic nitrogens is 3. The van der Waals surface area contributed by atoms with Gasteiger partial charge >= 0.3 is 0 Å². The molecule has 0 unspecified atom stereocenters. The number of nitrogens with zero attached hydrogens (tertiary/aromatic N) is 4. The summed E-state index contributed by atoms with van der Waals surface area (Å²) in [6.45, 7) is 9.72. The highest BCUT2D eigenvalue weighted by atomic mass is 16.5. The van der Waals surface area contributed by atoms with Crippen LogP contribution in [0.1, 0.15) is 26.3 Å². The molecule has 0 atom stereocenters. The third-order valence-electron chi connectivity index (χ3n) is 3.89. The van der Waals surface area contributed by atoms with Crippen LogP contribution in [-0.2, 0) is 10.2 Å². The van der Waals surface area contributed by atoms with E-state index in [1.165, 1.54) is 5.56 Å². The number of hydrogen-bond acceptors (Lipinski definition) is 6. The van der Waals surface area contributed by atoms with Crippen LogP contribution in [-0.4, -0.2) is 41.5 Å². The van der Waals surface area contributed by atoms with Gasteiger partial charge in [-0.3, -0.25) is 0 Å². The Morgan fingerprint density at radius 1 is 1.09 bits per heavy atom. The Balaban J connectivity index is 1.72. The fourth-order valence-electron chi connectivity index (χ4n) is 2.48. The summed E-state index contributed by atoms with van der Waals surface area (Å²) in [6.07, 6.45) is 1.69. The van der Waals surface area contributed by atoms with Crippen molar-refractivity contribution >= 4 is 17.5 Å². The molecule has 3 rings (SSSR count). The molecule has 1 aliphatic heterocycles. The van der Waals surface area contributed by atoms with E-state index in [2.05, 4.69) is 58.3 Å². The van der Waals surface area contributed by atoms with E-state index in [9.17, 15) is 0 Å². The standard InChI is InChI=1S/C17H23N5O/c1-17(2,3)13-4-6-14(7-5-13)19-16-20-15(12-18-21-16)22-8-10-23-11-9-22/h4-7,12H,8-11H2,1-3H3,(H,19,20,21). The van der Waals surface area contributed by atoms with Crippen molar-refractivity contribution in [1.82, 2.24) is 15.2 Å². The molecule has 0 spiro atoms. The number of nitrogens with one attached hydrogen (secondary N) is 1. The monoisotopic (exact) mass is 313 g/mol. The van der Waals surface area contributed by atoms with Crippen molar-refractivity contribution in [2.45, 2.75) is 26.2 Å². The van der Waals surface area contributed by atoms with E-state index >= 15 is 0 Å². The van der Waals surface area contributed by atoms with Crippen molar-refractivity contribution in [1.29, 1.82) is 0 Å². The molecule has 0 aliphatic carbocycles. The Bertz CT molecular complexity index is 645. The lowest BCUT2D eigenvalue weighted by Crippen LogP contribution is -2.36. The highest BCUT2D eigenvalue weighted by Gasteiger charge is 2.15.